The number of hydrogen-bond donors (Lipinski definition) is 0. The molecule has 1 aromatic heterocycles. The maximum atomic E-state index is 2.44. The first-order valence-electron chi connectivity index (χ1n) is 20.4. The Morgan fingerprint density at radius 2 is 0.780 bits per heavy atom. The number of aromatic nitrogens is 1. The average Bonchev–Trinajstić information content (AvgIpc) is 3.89. The summed E-state index contributed by atoms with van der Waals surface area (Å²) in [5, 5.41) is 2.52. The topological polar surface area (TPSA) is 11.4 Å². The zero-order valence-electron chi connectivity index (χ0n) is 32.6. The Morgan fingerprint density at radius 1 is 0.339 bits per heavy atom. The fourth-order valence-electron chi connectivity index (χ4n) is 10.4. The molecule has 2 aliphatic carbocycles. The Balaban J connectivity index is 1.08. The van der Waals surface area contributed by atoms with Crippen molar-refractivity contribution in [2.75, 3.05) is 9.80 Å². The molecule has 1 spiro atoms. The van der Waals surface area contributed by atoms with E-state index in [0.717, 1.165) is 34.1 Å². The third kappa shape index (κ3) is 4.76. The monoisotopic (exact) mass is 753 g/mol. The SMILES string of the molecule is Cn1c2ccccc2c2cccc(N(c3ccccc3)c3ccc4c(c3)-c3ccccc3C43c4ccccc4-c4cc(N(c5ccccc5)c5ccccc5)ccc43)c21. The van der Waals surface area contributed by atoms with Gasteiger partial charge in [0, 0.05) is 51.8 Å². The van der Waals surface area contributed by atoms with Crippen LogP contribution in [0.3, 0.4) is 0 Å². The molecular formula is C56H39N3. The molecule has 0 aliphatic heterocycles. The first-order valence-corrected chi connectivity index (χ1v) is 20.4. The van der Waals surface area contributed by atoms with Gasteiger partial charge in [-0.1, -0.05) is 146 Å². The van der Waals surface area contributed by atoms with Gasteiger partial charge >= 0.3 is 0 Å². The van der Waals surface area contributed by atoms with Crippen LogP contribution in [0.15, 0.2) is 218 Å². The highest BCUT2D eigenvalue weighted by atomic mass is 15.2. The normalized spacial score (nSPS) is 14.6. The summed E-state index contributed by atoms with van der Waals surface area (Å²) >= 11 is 0. The van der Waals surface area contributed by atoms with Crippen LogP contribution in [-0.4, -0.2) is 4.57 Å². The third-order valence-electron chi connectivity index (χ3n) is 12.8. The van der Waals surface area contributed by atoms with Gasteiger partial charge in [-0.3, -0.25) is 0 Å². The summed E-state index contributed by atoms with van der Waals surface area (Å²) in [5.74, 6) is 0. The summed E-state index contributed by atoms with van der Waals surface area (Å²) in [4.78, 5) is 4.81. The summed E-state index contributed by atoms with van der Waals surface area (Å²) < 4.78 is 2.35. The highest BCUT2D eigenvalue weighted by Crippen LogP contribution is 2.64. The highest BCUT2D eigenvalue weighted by molar-refractivity contribution is 6.13. The quantitative estimate of drug-likeness (QED) is 0.168. The van der Waals surface area contributed by atoms with E-state index < -0.39 is 5.41 Å². The minimum Gasteiger partial charge on any atom is -0.342 e. The second kappa shape index (κ2) is 13.0. The van der Waals surface area contributed by atoms with Crippen molar-refractivity contribution in [3.63, 3.8) is 0 Å². The van der Waals surface area contributed by atoms with Crippen LogP contribution in [0.2, 0.25) is 0 Å². The Kier molecular flexibility index (Phi) is 7.36. The molecule has 1 unspecified atom stereocenters. The van der Waals surface area contributed by atoms with Crippen LogP contribution >= 0.6 is 0 Å². The molecule has 9 aromatic carbocycles. The van der Waals surface area contributed by atoms with Gasteiger partial charge in [0.15, 0.2) is 0 Å². The van der Waals surface area contributed by atoms with Crippen molar-refractivity contribution < 1.29 is 0 Å². The Morgan fingerprint density at radius 3 is 1.36 bits per heavy atom. The molecule has 1 atom stereocenters. The molecule has 0 fully saturated rings. The van der Waals surface area contributed by atoms with E-state index in [0.29, 0.717) is 0 Å². The third-order valence-corrected chi connectivity index (χ3v) is 12.8. The lowest BCUT2D eigenvalue weighted by atomic mass is 9.70. The Hall–Kier alpha value is -7.62. The number of rotatable bonds is 6. The van der Waals surface area contributed by atoms with Crippen molar-refractivity contribution in [1.82, 2.24) is 4.57 Å². The van der Waals surface area contributed by atoms with Crippen LogP contribution in [0.5, 0.6) is 0 Å². The number of hydrogen-bond acceptors (Lipinski definition) is 2. The summed E-state index contributed by atoms with van der Waals surface area (Å²) in [6, 6.07) is 80.2. The van der Waals surface area contributed by atoms with Gasteiger partial charge in [0.25, 0.3) is 0 Å². The smallest absolute Gasteiger partial charge is 0.0733 e. The Bertz CT molecular complexity index is 3200. The fraction of sp³-hybridized carbons (Fsp3) is 0.0357. The molecule has 278 valence electrons. The first-order chi connectivity index (χ1) is 29.2. The van der Waals surface area contributed by atoms with Crippen molar-refractivity contribution in [3.8, 4) is 22.3 Å². The molecule has 0 saturated carbocycles. The fourth-order valence-corrected chi connectivity index (χ4v) is 10.4. The van der Waals surface area contributed by atoms with E-state index in [-0.39, 0.29) is 0 Å². The number of fused-ring (bicyclic) bond motifs is 13. The van der Waals surface area contributed by atoms with Crippen molar-refractivity contribution in [3.05, 3.63) is 241 Å². The first kappa shape index (κ1) is 33.5. The van der Waals surface area contributed by atoms with Gasteiger partial charge in [0.1, 0.15) is 0 Å². The zero-order valence-corrected chi connectivity index (χ0v) is 32.6. The Labute approximate surface area is 344 Å². The zero-order chi connectivity index (χ0) is 39.1. The van der Waals surface area contributed by atoms with Gasteiger partial charge in [0.2, 0.25) is 0 Å². The summed E-state index contributed by atoms with van der Waals surface area (Å²) in [6.45, 7) is 0. The van der Waals surface area contributed by atoms with E-state index in [1.165, 1.54) is 66.3 Å². The van der Waals surface area contributed by atoms with Gasteiger partial charge in [-0.05, 0) is 117 Å². The molecule has 3 heteroatoms. The van der Waals surface area contributed by atoms with Crippen molar-refractivity contribution in [1.29, 1.82) is 0 Å². The molecule has 0 radical (unpaired) electrons. The standard InChI is InChI=1S/C56H39N3/c1-57-53-30-16-13-26-45(53)46-27-17-31-54(55(46)57)59(40-22-9-4-10-23-40)42-33-35-52-48(37-42)44-25-12-15-29-50(44)56(52)49-28-14-11-24-43(49)47-36-41(32-34-51(47)56)58(38-18-5-2-6-19-38)39-20-7-3-8-21-39/h2-37H,1H3. The van der Waals surface area contributed by atoms with E-state index in [9.17, 15) is 0 Å². The van der Waals surface area contributed by atoms with Crippen molar-refractivity contribution in [2.24, 2.45) is 7.05 Å². The van der Waals surface area contributed by atoms with Gasteiger partial charge < -0.3 is 14.4 Å². The summed E-state index contributed by atoms with van der Waals surface area (Å²) in [6.07, 6.45) is 0. The molecule has 0 N–H and O–H groups in total. The summed E-state index contributed by atoms with van der Waals surface area (Å²) in [5.41, 5.74) is 19.2. The highest BCUT2D eigenvalue weighted by Gasteiger charge is 2.51. The minimum absolute atomic E-state index is 0.466. The lowest BCUT2D eigenvalue weighted by Crippen LogP contribution is -2.26. The maximum absolute atomic E-state index is 2.44. The predicted molar refractivity (Wildman–Crippen MR) is 246 cm³/mol. The molecule has 0 saturated heterocycles. The van der Waals surface area contributed by atoms with Gasteiger partial charge in [0.05, 0.1) is 16.6 Å². The van der Waals surface area contributed by atoms with Crippen LogP contribution < -0.4 is 9.80 Å². The van der Waals surface area contributed by atoms with Gasteiger partial charge in [-0.25, -0.2) is 0 Å². The van der Waals surface area contributed by atoms with E-state index in [1.54, 1.807) is 0 Å². The number of aryl methyl sites for hydroxylation is 1. The van der Waals surface area contributed by atoms with Crippen LogP contribution in [-0.2, 0) is 12.5 Å². The lowest BCUT2D eigenvalue weighted by molar-refractivity contribution is 0.793. The van der Waals surface area contributed by atoms with E-state index >= 15 is 0 Å². The average molecular weight is 754 g/mol. The summed E-state index contributed by atoms with van der Waals surface area (Å²) in [7, 11) is 2.19. The maximum Gasteiger partial charge on any atom is 0.0733 e. The second-order valence-corrected chi connectivity index (χ2v) is 15.7. The molecule has 2 aliphatic rings. The molecule has 12 rings (SSSR count). The van der Waals surface area contributed by atoms with Crippen LogP contribution in [0, 0.1) is 0 Å². The largest absolute Gasteiger partial charge is 0.342 e. The van der Waals surface area contributed by atoms with E-state index in [1.807, 2.05) is 0 Å². The lowest BCUT2D eigenvalue weighted by Gasteiger charge is -2.32. The number of para-hydroxylation sites is 5. The number of anilines is 6. The predicted octanol–water partition coefficient (Wildman–Crippen LogP) is 14.6. The molecule has 0 bridgehead atoms. The van der Waals surface area contributed by atoms with E-state index in [2.05, 4.69) is 240 Å². The minimum atomic E-state index is -0.466. The molecule has 1 heterocycles. The molecule has 10 aromatic rings. The van der Waals surface area contributed by atoms with Crippen LogP contribution in [0.4, 0.5) is 34.1 Å². The van der Waals surface area contributed by atoms with Crippen molar-refractivity contribution >= 4 is 55.9 Å². The van der Waals surface area contributed by atoms with E-state index in [4.69, 9.17) is 0 Å². The molecular weight excluding hydrogens is 715 g/mol. The van der Waals surface area contributed by atoms with Crippen LogP contribution in [0.25, 0.3) is 44.1 Å². The number of benzene rings is 9. The number of nitrogens with zero attached hydrogens (tertiary/aromatic N) is 3. The van der Waals surface area contributed by atoms with Gasteiger partial charge in [-0.15, -0.1) is 0 Å². The molecule has 3 nitrogen and oxygen atoms in total. The second-order valence-electron chi connectivity index (χ2n) is 15.7. The van der Waals surface area contributed by atoms with Gasteiger partial charge in [-0.2, -0.15) is 0 Å². The molecule has 0 amide bonds. The van der Waals surface area contributed by atoms with Crippen LogP contribution in [0.1, 0.15) is 22.3 Å². The molecule has 59 heavy (non-hydrogen) atoms. The van der Waals surface area contributed by atoms with Crippen molar-refractivity contribution in [2.45, 2.75) is 5.41 Å².